The topological polar surface area (TPSA) is 62.7 Å². The Kier molecular flexibility index (Phi) is 6.27. The van der Waals surface area contributed by atoms with Gasteiger partial charge in [0.25, 0.3) is 0 Å². The van der Waals surface area contributed by atoms with Crippen molar-refractivity contribution in [1.29, 1.82) is 0 Å². The molecule has 0 atom stereocenters. The lowest BCUT2D eigenvalue weighted by atomic mass is 10.2. The van der Waals surface area contributed by atoms with E-state index in [0.29, 0.717) is 0 Å². The van der Waals surface area contributed by atoms with E-state index in [1.807, 2.05) is 24.6 Å². The second-order valence-electron chi connectivity index (χ2n) is 4.59. The standard InChI is InChI=1S/C15H21N5S/c1-3-7-17-13-10-14(20-15(19-13)21-2)18-9-6-12-5-4-8-16-11-12/h4-5,8,10-11H,3,6-7,9H2,1-2H3,(H2,17,18,19,20). The number of nitrogens with zero attached hydrogens (tertiary/aromatic N) is 3. The molecule has 0 aromatic carbocycles. The first-order chi connectivity index (χ1) is 10.3. The van der Waals surface area contributed by atoms with Crippen LogP contribution in [-0.4, -0.2) is 34.3 Å². The molecule has 5 nitrogen and oxygen atoms in total. The highest BCUT2D eigenvalue weighted by atomic mass is 32.2. The van der Waals surface area contributed by atoms with Crippen LogP contribution in [0.15, 0.2) is 35.7 Å². The summed E-state index contributed by atoms with van der Waals surface area (Å²) >= 11 is 1.55. The van der Waals surface area contributed by atoms with E-state index in [9.17, 15) is 0 Å². The summed E-state index contributed by atoms with van der Waals surface area (Å²) in [5.41, 5.74) is 1.22. The highest BCUT2D eigenvalue weighted by molar-refractivity contribution is 7.98. The van der Waals surface area contributed by atoms with E-state index in [1.165, 1.54) is 5.56 Å². The van der Waals surface area contributed by atoms with Gasteiger partial charge in [0.2, 0.25) is 0 Å². The van der Waals surface area contributed by atoms with Crippen LogP contribution in [0.1, 0.15) is 18.9 Å². The SMILES string of the molecule is CCCNc1cc(NCCc2cccnc2)nc(SC)n1. The molecular formula is C15H21N5S. The highest BCUT2D eigenvalue weighted by Gasteiger charge is 2.03. The Morgan fingerprint density at radius 3 is 2.52 bits per heavy atom. The van der Waals surface area contributed by atoms with Crippen molar-refractivity contribution in [3.05, 3.63) is 36.2 Å². The van der Waals surface area contributed by atoms with Crippen LogP contribution >= 0.6 is 11.8 Å². The normalized spacial score (nSPS) is 10.4. The molecule has 0 radical (unpaired) electrons. The Balaban J connectivity index is 1.95. The van der Waals surface area contributed by atoms with Crippen LogP contribution in [0.5, 0.6) is 0 Å². The molecule has 0 unspecified atom stereocenters. The summed E-state index contributed by atoms with van der Waals surface area (Å²) in [6.07, 6.45) is 7.66. The van der Waals surface area contributed by atoms with Crippen molar-refractivity contribution in [2.45, 2.75) is 24.9 Å². The molecule has 2 rings (SSSR count). The maximum absolute atomic E-state index is 4.48. The molecular weight excluding hydrogens is 282 g/mol. The summed E-state index contributed by atoms with van der Waals surface area (Å²) in [6, 6.07) is 5.99. The van der Waals surface area contributed by atoms with Crippen molar-refractivity contribution in [1.82, 2.24) is 15.0 Å². The number of pyridine rings is 1. The monoisotopic (exact) mass is 303 g/mol. The molecule has 2 aromatic heterocycles. The van der Waals surface area contributed by atoms with Crippen LogP contribution in [0.25, 0.3) is 0 Å². The molecule has 2 aromatic rings. The average molecular weight is 303 g/mol. The van der Waals surface area contributed by atoms with Crippen LogP contribution in [0.4, 0.5) is 11.6 Å². The largest absolute Gasteiger partial charge is 0.370 e. The molecule has 0 bridgehead atoms. The zero-order chi connectivity index (χ0) is 14.9. The first-order valence-electron chi connectivity index (χ1n) is 7.11. The zero-order valence-electron chi connectivity index (χ0n) is 12.5. The van der Waals surface area contributed by atoms with Crippen molar-refractivity contribution in [2.24, 2.45) is 0 Å². The number of aromatic nitrogens is 3. The number of hydrogen-bond donors (Lipinski definition) is 2. The van der Waals surface area contributed by atoms with E-state index in [4.69, 9.17) is 0 Å². The second-order valence-corrected chi connectivity index (χ2v) is 5.36. The Labute approximate surface area is 130 Å². The minimum absolute atomic E-state index is 0.778. The van der Waals surface area contributed by atoms with E-state index in [0.717, 1.165) is 42.7 Å². The van der Waals surface area contributed by atoms with Crippen molar-refractivity contribution < 1.29 is 0 Å². The van der Waals surface area contributed by atoms with Crippen molar-refractivity contribution in [2.75, 3.05) is 30.0 Å². The Morgan fingerprint density at radius 1 is 1.14 bits per heavy atom. The van der Waals surface area contributed by atoms with Crippen LogP contribution < -0.4 is 10.6 Å². The molecule has 2 heterocycles. The molecule has 0 spiro atoms. The van der Waals surface area contributed by atoms with E-state index in [-0.39, 0.29) is 0 Å². The second kappa shape index (κ2) is 8.46. The maximum Gasteiger partial charge on any atom is 0.191 e. The van der Waals surface area contributed by atoms with Crippen LogP contribution in [-0.2, 0) is 6.42 Å². The minimum Gasteiger partial charge on any atom is -0.370 e. The third-order valence-electron chi connectivity index (χ3n) is 2.89. The summed E-state index contributed by atoms with van der Waals surface area (Å²) < 4.78 is 0. The molecule has 21 heavy (non-hydrogen) atoms. The number of rotatable bonds is 8. The van der Waals surface area contributed by atoms with Gasteiger partial charge < -0.3 is 10.6 Å². The van der Waals surface area contributed by atoms with Gasteiger partial charge in [-0.3, -0.25) is 4.98 Å². The molecule has 0 fully saturated rings. The lowest BCUT2D eigenvalue weighted by molar-refractivity contribution is 0.915. The van der Waals surface area contributed by atoms with Crippen molar-refractivity contribution >= 4 is 23.4 Å². The van der Waals surface area contributed by atoms with Crippen LogP contribution in [0.2, 0.25) is 0 Å². The fraction of sp³-hybridized carbons (Fsp3) is 0.400. The smallest absolute Gasteiger partial charge is 0.191 e. The van der Waals surface area contributed by atoms with E-state index in [2.05, 4.69) is 38.6 Å². The third kappa shape index (κ3) is 5.23. The Morgan fingerprint density at radius 2 is 1.90 bits per heavy atom. The molecule has 0 amide bonds. The summed E-state index contributed by atoms with van der Waals surface area (Å²) in [5.74, 6) is 1.73. The van der Waals surface area contributed by atoms with Crippen molar-refractivity contribution in [3.63, 3.8) is 0 Å². The van der Waals surface area contributed by atoms with Gasteiger partial charge in [0.1, 0.15) is 11.6 Å². The van der Waals surface area contributed by atoms with Gasteiger partial charge >= 0.3 is 0 Å². The first kappa shape index (κ1) is 15.6. The Bertz CT molecular complexity index is 547. The molecule has 2 N–H and O–H groups in total. The summed E-state index contributed by atoms with van der Waals surface area (Å²) in [6.45, 7) is 3.88. The molecule has 0 saturated heterocycles. The summed E-state index contributed by atoms with van der Waals surface area (Å²) in [7, 11) is 0. The van der Waals surface area contributed by atoms with Crippen LogP contribution in [0, 0.1) is 0 Å². The molecule has 0 aliphatic heterocycles. The van der Waals surface area contributed by atoms with E-state index in [1.54, 1.807) is 18.0 Å². The lowest BCUT2D eigenvalue weighted by Gasteiger charge is -2.10. The highest BCUT2D eigenvalue weighted by Crippen LogP contribution is 2.17. The third-order valence-corrected chi connectivity index (χ3v) is 3.43. The number of nitrogens with one attached hydrogen (secondary N) is 2. The van der Waals surface area contributed by atoms with Gasteiger partial charge in [0.15, 0.2) is 5.16 Å². The molecule has 6 heteroatoms. The predicted octanol–water partition coefficient (Wildman–Crippen LogP) is 3.07. The molecule has 0 aliphatic rings. The fourth-order valence-corrected chi connectivity index (χ4v) is 2.21. The van der Waals surface area contributed by atoms with Gasteiger partial charge in [-0.15, -0.1) is 0 Å². The summed E-state index contributed by atoms with van der Waals surface area (Å²) in [4.78, 5) is 13.0. The van der Waals surface area contributed by atoms with E-state index >= 15 is 0 Å². The first-order valence-corrected chi connectivity index (χ1v) is 8.34. The lowest BCUT2D eigenvalue weighted by Crippen LogP contribution is -2.09. The van der Waals surface area contributed by atoms with Gasteiger partial charge in [-0.25, -0.2) is 9.97 Å². The quantitative estimate of drug-likeness (QED) is 0.577. The molecule has 0 aliphatic carbocycles. The van der Waals surface area contributed by atoms with Gasteiger partial charge in [0, 0.05) is 31.5 Å². The average Bonchev–Trinajstić information content (AvgIpc) is 2.53. The van der Waals surface area contributed by atoms with Crippen LogP contribution in [0.3, 0.4) is 0 Å². The van der Waals surface area contributed by atoms with Gasteiger partial charge in [-0.2, -0.15) is 0 Å². The Hall–Kier alpha value is -1.82. The van der Waals surface area contributed by atoms with E-state index < -0.39 is 0 Å². The fourth-order valence-electron chi connectivity index (χ4n) is 1.83. The maximum atomic E-state index is 4.48. The number of hydrogen-bond acceptors (Lipinski definition) is 6. The minimum atomic E-state index is 0.778. The molecule has 112 valence electrons. The number of anilines is 2. The van der Waals surface area contributed by atoms with Crippen molar-refractivity contribution in [3.8, 4) is 0 Å². The molecule has 0 saturated carbocycles. The van der Waals surface area contributed by atoms with Gasteiger partial charge in [-0.05, 0) is 30.7 Å². The zero-order valence-corrected chi connectivity index (χ0v) is 13.3. The summed E-state index contributed by atoms with van der Waals surface area (Å²) in [5, 5.41) is 7.43. The number of thioether (sulfide) groups is 1. The predicted molar refractivity (Wildman–Crippen MR) is 89.0 cm³/mol. The van der Waals surface area contributed by atoms with Gasteiger partial charge in [0.05, 0.1) is 0 Å². The van der Waals surface area contributed by atoms with Gasteiger partial charge in [-0.1, -0.05) is 24.8 Å².